The van der Waals surface area contributed by atoms with E-state index < -0.39 is 6.10 Å². The van der Waals surface area contributed by atoms with Crippen molar-refractivity contribution in [2.75, 3.05) is 26.2 Å². The van der Waals surface area contributed by atoms with Crippen molar-refractivity contribution in [3.8, 4) is 11.5 Å². The van der Waals surface area contributed by atoms with Crippen molar-refractivity contribution in [3.05, 3.63) is 24.3 Å². The van der Waals surface area contributed by atoms with Crippen LogP contribution in [0.5, 0.6) is 11.5 Å². The van der Waals surface area contributed by atoms with Crippen LogP contribution in [0.15, 0.2) is 24.3 Å². The molecule has 132 valence electrons. The number of ether oxygens (including phenoxy) is 1. The van der Waals surface area contributed by atoms with Crippen molar-refractivity contribution in [2.24, 2.45) is 0 Å². The Morgan fingerprint density at radius 2 is 1.71 bits per heavy atom. The highest BCUT2D eigenvalue weighted by Gasteiger charge is 2.27. The van der Waals surface area contributed by atoms with E-state index >= 15 is 0 Å². The molecule has 1 saturated heterocycles. The van der Waals surface area contributed by atoms with E-state index in [2.05, 4.69) is 6.92 Å². The van der Waals surface area contributed by atoms with Crippen LogP contribution >= 0.6 is 0 Å². The number of hydrogen-bond donors (Lipinski definition) is 1. The summed E-state index contributed by atoms with van der Waals surface area (Å²) in [5, 5.41) is 9.26. The van der Waals surface area contributed by atoms with Crippen molar-refractivity contribution in [1.29, 1.82) is 0 Å². The summed E-state index contributed by atoms with van der Waals surface area (Å²) in [5.41, 5.74) is 0. The summed E-state index contributed by atoms with van der Waals surface area (Å²) in [6.07, 6.45) is 1.91. The van der Waals surface area contributed by atoms with E-state index in [9.17, 15) is 14.7 Å². The number of amides is 2. The zero-order valence-electron chi connectivity index (χ0n) is 14.4. The molecule has 6 heteroatoms. The molecule has 1 fully saturated rings. The van der Waals surface area contributed by atoms with Gasteiger partial charge >= 0.3 is 0 Å². The van der Waals surface area contributed by atoms with Crippen LogP contribution in [-0.2, 0) is 9.59 Å². The van der Waals surface area contributed by atoms with Crippen molar-refractivity contribution >= 4 is 11.8 Å². The Morgan fingerprint density at radius 3 is 2.29 bits per heavy atom. The topological polar surface area (TPSA) is 70.1 Å². The van der Waals surface area contributed by atoms with E-state index in [1.807, 2.05) is 4.90 Å². The van der Waals surface area contributed by atoms with Crippen molar-refractivity contribution in [3.63, 3.8) is 0 Å². The average molecular weight is 334 g/mol. The lowest BCUT2D eigenvalue weighted by atomic mass is 10.2. The fraction of sp³-hybridized carbons (Fsp3) is 0.556. The van der Waals surface area contributed by atoms with Crippen LogP contribution in [0.1, 0.15) is 33.1 Å². The van der Waals surface area contributed by atoms with E-state index in [1.54, 1.807) is 24.0 Å². The normalized spacial score (nSPS) is 15.9. The van der Waals surface area contributed by atoms with Crippen LogP contribution in [-0.4, -0.2) is 59.0 Å². The lowest BCUT2D eigenvalue weighted by molar-refractivity contribution is -0.143. The van der Waals surface area contributed by atoms with Gasteiger partial charge in [-0.3, -0.25) is 9.59 Å². The van der Waals surface area contributed by atoms with Crippen LogP contribution in [0.25, 0.3) is 0 Å². The second kappa shape index (κ2) is 8.57. The molecule has 0 aliphatic carbocycles. The Morgan fingerprint density at radius 1 is 1.12 bits per heavy atom. The molecule has 2 amide bonds. The van der Waals surface area contributed by atoms with Gasteiger partial charge in [-0.2, -0.15) is 0 Å². The Kier molecular flexibility index (Phi) is 6.46. The van der Waals surface area contributed by atoms with E-state index in [0.717, 1.165) is 12.8 Å². The van der Waals surface area contributed by atoms with Crippen LogP contribution in [0.3, 0.4) is 0 Å². The number of unbranched alkanes of at least 4 members (excludes halogenated alkanes) is 1. The largest absolute Gasteiger partial charge is 0.508 e. The van der Waals surface area contributed by atoms with E-state index in [1.165, 1.54) is 12.1 Å². The summed E-state index contributed by atoms with van der Waals surface area (Å²) in [4.78, 5) is 28.1. The van der Waals surface area contributed by atoms with Gasteiger partial charge in [0.15, 0.2) is 6.10 Å². The van der Waals surface area contributed by atoms with Crippen LogP contribution in [0.2, 0.25) is 0 Å². The number of piperazine rings is 1. The van der Waals surface area contributed by atoms with Gasteiger partial charge in [-0.15, -0.1) is 0 Å². The third-order valence-electron chi connectivity index (χ3n) is 4.19. The molecule has 24 heavy (non-hydrogen) atoms. The van der Waals surface area contributed by atoms with Crippen molar-refractivity contribution < 1.29 is 19.4 Å². The van der Waals surface area contributed by atoms with Gasteiger partial charge in [0.1, 0.15) is 11.5 Å². The highest BCUT2D eigenvalue weighted by atomic mass is 16.5. The molecule has 1 atom stereocenters. The first-order valence-corrected chi connectivity index (χ1v) is 8.53. The average Bonchev–Trinajstić information content (AvgIpc) is 2.61. The number of phenolic OH excluding ortho intramolecular Hbond substituents is 1. The molecular weight excluding hydrogens is 308 g/mol. The lowest BCUT2D eigenvalue weighted by Gasteiger charge is -2.36. The van der Waals surface area contributed by atoms with Gasteiger partial charge in [-0.25, -0.2) is 0 Å². The van der Waals surface area contributed by atoms with Gasteiger partial charge in [-0.05, 0) is 37.6 Å². The van der Waals surface area contributed by atoms with E-state index in [-0.39, 0.29) is 17.6 Å². The minimum Gasteiger partial charge on any atom is -0.508 e. The molecule has 0 saturated carbocycles. The number of hydrogen-bond acceptors (Lipinski definition) is 4. The Labute approximate surface area is 143 Å². The van der Waals surface area contributed by atoms with Gasteiger partial charge in [0.25, 0.3) is 5.91 Å². The molecule has 1 aromatic carbocycles. The molecule has 1 unspecified atom stereocenters. The van der Waals surface area contributed by atoms with Crippen LogP contribution in [0, 0.1) is 0 Å². The smallest absolute Gasteiger partial charge is 0.263 e. The molecule has 0 aromatic heterocycles. The number of aromatic hydroxyl groups is 1. The van der Waals surface area contributed by atoms with Crippen LogP contribution < -0.4 is 4.74 Å². The second-order valence-electron chi connectivity index (χ2n) is 6.06. The predicted octanol–water partition coefficient (Wildman–Crippen LogP) is 2.02. The molecule has 1 aromatic rings. The highest BCUT2D eigenvalue weighted by Crippen LogP contribution is 2.18. The van der Waals surface area contributed by atoms with Gasteiger partial charge in [0, 0.05) is 32.6 Å². The molecule has 0 bridgehead atoms. The molecular formula is C18H26N2O4. The standard InChI is InChI=1S/C18H26N2O4/c1-3-4-5-17(22)19-10-12-20(13-11-19)18(23)14(2)24-16-8-6-15(21)7-9-16/h6-9,14,21H,3-5,10-13H2,1-2H3. The first-order chi connectivity index (χ1) is 11.5. The Bertz CT molecular complexity index is 551. The number of carbonyl (C=O) groups excluding carboxylic acids is 2. The fourth-order valence-corrected chi connectivity index (χ4v) is 2.70. The van der Waals surface area contributed by atoms with Gasteiger partial charge < -0.3 is 19.6 Å². The zero-order valence-corrected chi connectivity index (χ0v) is 14.4. The lowest BCUT2D eigenvalue weighted by Crippen LogP contribution is -2.53. The SMILES string of the molecule is CCCCC(=O)N1CCN(C(=O)C(C)Oc2ccc(O)cc2)CC1. The number of rotatable bonds is 6. The number of phenols is 1. The molecule has 1 aliphatic rings. The summed E-state index contributed by atoms with van der Waals surface area (Å²) in [6, 6.07) is 6.30. The monoisotopic (exact) mass is 334 g/mol. The summed E-state index contributed by atoms with van der Waals surface area (Å²) in [5.74, 6) is 0.799. The minimum atomic E-state index is -0.600. The van der Waals surface area contributed by atoms with Crippen LogP contribution in [0.4, 0.5) is 0 Å². The third kappa shape index (κ3) is 4.88. The maximum Gasteiger partial charge on any atom is 0.263 e. The van der Waals surface area contributed by atoms with Crippen molar-refractivity contribution in [2.45, 2.75) is 39.2 Å². The third-order valence-corrected chi connectivity index (χ3v) is 4.19. The second-order valence-corrected chi connectivity index (χ2v) is 6.06. The molecule has 0 spiro atoms. The molecule has 6 nitrogen and oxygen atoms in total. The Hall–Kier alpha value is -2.24. The predicted molar refractivity (Wildman–Crippen MR) is 90.9 cm³/mol. The summed E-state index contributed by atoms with van der Waals surface area (Å²) in [7, 11) is 0. The number of nitrogens with zero attached hydrogens (tertiary/aromatic N) is 2. The minimum absolute atomic E-state index is 0.0799. The summed E-state index contributed by atoms with van der Waals surface area (Å²) in [6.45, 7) is 6.04. The molecule has 2 rings (SSSR count). The number of carbonyl (C=O) groups is 2. The maximum atomic E-state index is 12.5. The summed E-state index contributed by atoms with van der Waals surface area (Å²) >= 11 is 0. The fourth-order valence-electron chi connectivity index (χ4n) is 2.70. The molecule has 1 heterocycles. The van der Waals surface area contributed by atoms with Gasteiger partial charge in [-0.1, -0.05) is 13.3 Å². The maximum absolute atomic E-state index is 12.5. The van der Waals surface area contributed by atoms with Gasteiger partial charge in [0.2, 0.25) is 5.91 Å². The number of benzene rings is 1. The molecule has 0 radical (unpaired) electrons. The van der Waals surface area contributed by atoms with Crippen molar-refractivity contribution in [1.82, 2.24) is 9.80 Å². The first kappa shape index (κ1) is 18.1. The highest BCUT2D eigenvalue weighted by molar-refractivity contribution is 5.81. The quantitative estimate of drug-likeness (QED) is 0.864. The zero-order chi connectivity index (χ0) is 17.5. The molecule has 1 N–H and O–H groups in total. The van der Waals surface area contributed by atoms with Gasteiger partial charge in [0.05, 0.1) is 0 Å². The first-order valence-electron chi connectivity index (χ1n) is 8.53. The Balaban J connectivity index is 1.81. The summed E-state index contributed by atoms with van der Waals surface area (Å²) < 4.78 is 5.63. The van der Waals surface area contributed by atoms with E-state index in [4.69, 9.17) is 4.74 Å². The molecule has 1 aliphatic heterocycles. The van der Waals surface area contributed by atoms with E-state index in [0.29, 0.717) is 38.3 Å².